The van der Waals surface area contributed by atoms with Crippen LogP contribution in [-0.2, 0) is 16.1 Å². The largest absolute Gasteiger partial charge is 0.481 e. The summed E-state index contributed by atoms with van der Waals surface area (Å²) in [6, 6.07) is 3.69. The number of halogens is 3. The van der Waals surface area contributed by atoms with Gasteiger partial charge in [0.15, 0.2) is 5.82 Å². The Morgan fingerprint density at radius 1 is 1.26 bits per heavy atom. The molecule has 4 heterocycles. The van der Waals surface area contributed by atoms with Crippen LogP contribution in [0.25, 0.3) is 11.0 Å². The van der Waals surface area contributed by atoms with Crippen molar-refractivity contribution in [2.24, 2.45) is 5.92 Å². The van der Waals surface area contributed by atoms with Crippen LogP contribution in [0.15, 0.2) is 18.3 Å². The van der Waals surface area contributed by atoms with Crippen LogP contribution in [-0.4, -0.2) is 68.3 Å². The van der Waals surface area contributed by atoms with Crippen molar-refractivity contribution in [1.29, 1.82) is 0 Å². The monoisotopic (exact) mass is 493 g/mol. The van der Waals surface area contributed by atoms with Crippen LogP contribution < -0.4 is 10.2 Å². The number of hydrogen-bond donors (Lipinski definition) is 2. The Morgan fingerprint density at radius 2 is 2.00 bits per heavy atom. The molecule has 0 unspecified atom stereocenters. The molecule has 2 N–H and O–H groups in total. The van der Waals surface area contributed by atoms with Gasteiger partial charge in [-0.25, -0.2) is 9.97 Å². The number of rotatable bonds is 8. The van der Waals surface area contributed by atoms with Gasteiger partial charge in [-0.15, -0.1) is 0 Å². The van der Waals surface area contributed by atoms with E-state index in [9.17, 15) is 23.1 Å². The molecule has 3 aromatic heterocycles. The zero-order chi connectivity index (χ0) is 25.2. The molecule has 0 atom stereocenters. The van der Waals surface area contributed by atoms with Gasteiger partial charge in [0.1, 0.15) is 23.5 Å². The molecular formula is C22H26F3N7O3. The molecule has 0 aromatic carbocycles. The maximum atomic E-state index is 12.4. The van der Waals surface area contributed by atoms with Gasteiger partial charge in [0.2, 0.25) is 5.95 Å². The van der Waals surface area contributed by atoms with E-state index < -0.39 is 24.7 Å². The highest BCUT2D eigenvalue weighted by atomic mass is 19.4. The SMILES string of the molecule is Cc1ccnc(Nc2nc(N3CCC(C(=O)O)CC3)nc3c(C)nn(CCOCC(F)(F)F)c23)c1. The van der Waals surface area contributed by atoms with Gasteiger partial charge in [-0.2, -0.15) is 23.3 Å². The summed E-state index contributed by atoms with van der Waals surface area (Å²) in [4.78, 5) is 26.9. The summed E-state index contributed by atoms with van der Waals surface area (Å²) in [5.41, 5.74) is 2.63. The van der Waals surface area contributed by atoms with Crippen molar-refractivity contribution in [1.82, 2.24) is 24.7 Å². The molecule has 0 amide bonds. The second kappa shape index (κ2) is 10.0. The number of nitrogens with zero attached hydrogens (tertiary/aromatic N) is 6. The fourth-order valence-corrected chi connectivity index (χ4v) is 4.00. The number of hydrogen-bond acceptors (Lipinski definition) is 8. The van der Waals surface area contributed by atoms with E-state index in [0.29, 0.717) is 60.2 Å². The minimum absolute atomic E-state index is 0.0725. The van der Waals surface area contributed by atoms with Crippen LogP contribution in [0.2, 0.25) is 0 Å². The number of carbonyl (C=O) groups is 1. The summed E-state index contributed by atoms with van der Waals surface area (Å²) < 4.78 is 43.6. The molecule has 1 aliphatic heterocycles. The molecule has 35 heavy (non-hydrogen) atoms. The lowest BCUT2D eigenvalue weighted by molar-refractivity contribution is -0.174. The molecule has 10 nitrogen and oxygen atoms in total. The van der Waals surface area contributed by atoms with Gasteiger partial charge in [0.25, 0.3) is 0 Å². The third-order valence-corrected chi connectivity index (χ3v) is 5.75. The third kappa shape index (κ3) is 5.96. The maximum absolute atomic E-state index is 12.4. The van der Waals surface area contributed by atoms with E-state index in [4.69, 9.17) is 9.72 Å². The highest BCUT2D eigenvalue weighted by Crippen LogP contribution is 2.30. The van der Waals surface area contributed by atoms with Crippen molar-refractivity contribution in [3.63, 3.8) is 0 Å². The average Bonchev–Trinajstić information content (AvgIpc) is 3.12. The Bertz CT molecular complexity index is 1210. The summed E-state index contributed by atoms with van der Waals surface area (Å²) in [5, 5.41) is 16.9. The molecule has 3 aromatic rings. The quantitative estimate of drug-likeness (QED) is 0.455. The van der Waals surface area contributed by atoms with Gasteiger partial charge < -0.3 is 20.1 Å². The number of aromatic nitrogens is 5. The van der Waals surface area contributed by atoms with Crippen molar-refractivity contribution >= 4 is 34.6 Å². The minimum Gasteiger partial charge on any atom is -0.481 e. The van der Waals surface area contributed by atoms with Crippen LogP contribution in [0.4, 0.5) is 30.8 Å². The number of aryl methyl sites for hydroxylation is 2. The normalized spacial score (nSPS) is 15.1. The lowest BCUT2D eigenvalue weighted by Gasteiger charge is -2.30. The lowest BCUT2D eigenvalue weighted by atomic mass is 9.97. The molecule has 188 valence electrons. The van der Waals surface area contributed by atoms with Crippen LogP contribution in [0.3, 0.4) is 0 Å². The second-order valence-corrected chi connectivity index (χ2v) is 8.49. The van der Waals surface area contributed by atoms with Gasteiger partial charge in [-0.1, -0.05) is 0 Å². The third-order valence-electron chi connectivity index (χ3n) is 5.75. The second-order valence-electron chi connectivity index (χ2n) is 8.49. The number of aliphatic carboxylic acids is 1. The van der Waals surface area contributed by atoms with Crippen LogP contribution >= 0.6 is 0 Å². The molecule has 1 aliphatic rings. The number of alkyl halides is 3. The van der Waals surface area contributed by atoms with Gasteiger partial charge >= 0.3 is 12.1 Å². The van der Waals surface area contributed by atoms with Crippen molar-refractivity contribution in [2.75, 3.05) is 36.5 Å². The number of fused-ring (bicyclic) bond motifs is 1. The Labute approximate surface area is 199 Å². The fraction of sp³-hybridized carbons (Fsp3) is 0.500. The molecule has 1 saturated heterocycles. The number of piperidine rings is 1. The van der Waals surface area contributed by atoms with Crippen molar-refractivity contribution in [2.45, 2.75) is 39.4 Å². The van der Waals surface area contributed by atoms with E-state index in [2.05, 4.69) is 20.4 Å². The molecule has 4 rings (SSSR count). The highest BCUT2D eigenvalue weighted by Gasteiger charge is 2.28. The zero-order valence-electron chi connectivity index (χ0n) is 19.3. The van der Waals surface area contributed by atoms with Crippen molar-refractivity contribution < 1.29 is 27.8 Å². The molecule has 0 saturated carbocycles. The molecule has 0 bridgehead atoms. The zero-order valence-corrected chi connectivity index (χ0v) is 19.3. The first kappa shape index (κ1) is 24.6. The number of carboxylic acids is 1. The maximum Gasteiger partial charge on any atom is 0.411 e. The van der Waals surface area contributed by atoms with E-state index >= 15 is 0 Å². The minimum atomic E-state index is -4.41. The number of anilines is 3. The standard InChI is InChI=1S/C22H26F3N7O3/c1-13-3-6-26-16(11-13)27-19-18-17(14(2)30-32(18)9-10-35-12-22(23,24)25)28-21(29-19)31-7-4-15(5-8-31)20(33)34/h3,6,11,15H,4-5,7-10,12H2,1-2H3,(H,33,34)(H,26,27,28,29). The highest BCUT2D eigenvalue weighted by molar-refractivity contribution is 5.90. The summed E-state index contributed by atoms with van der Waals surface area (Å²) in [7, 11) is 0. The first-order valence-corrected chi connectivity index (χ1v) is 11.2. The Kier molecular flexibility index (Phi) is 7.05. The van der Waals surface area contributed by atoms with E-state index in [-0.39, 0.29) is 13.2 Å². The van der Waals surface area contributed by atoms with Crippen LogP contribution in [0, 0.1) is 19.8 Å². The molecule has 0 aliphatic carbocycles. The number of ether oxygens (including phenoxy) is 1. The van der Waals surface area contributed by atoms with Crippen molar-refractivity contribution in [3.05, 3.63) is 29.6 Å². The van der Waals surface area contributed by atoms with Gasteiger partial charge in [-0.3, -0.25) is 9.48 Å². The smallest absolute Gasteiger partial charge is 0.411 e. The summed E-state index contributed by atoms with van der Waals surface area (Å²) >= 11 is 0. The van der Waals surface area contributed by atoms with Crippen LogP contribution in [0.5, 0.6) is 0 Å². The van der Waals surface area contributed by atoms with Gasteiger partial charge in [0, 0.05) is 19.3 Å². The lowest BCUT2D eigenvalue weighted by Crippen LogP contribution is -2.37. The Hall–Kier alpha value is -3.48. The predicted octanol–water partition coefficient (Wildman–Crippen LogP) is 3.46. The van der Waals surface area contributed by atoms with E-state index in [1.807, 2.05) is 24.0 Å². The van der Waals surface area contributed by atoms with E-state index in [0.717, 1.165) is 5.56 Å². The van der Waals surface area contributed by atoms with E-state index in [1.165, 1.54) is 4.68 Å². The molecule has 13 heteroatoms. The summed E-state index contributed by atoms with van der Waals surface area (Å²) in [6.45, 7) is 3.21. The van der Waals surface area contributed by atoms with Crippen molar-refractivity contribution in [3.8, 4) is 0 Å². The summed E-state index contributed by atoms with van der Waals surface area (Å²) in [6.07, 6.45) is -1.79. The summed E-state index contributed by atoms with van der Waals surface area (Å²) in [5.74, 6) is 0.163. The topological polar surface area (TPSA) is 118 Å². The number of pyridine rings is 1. The fourth-order valence-electron chi connectivity index (χ4n) is 4.00. The number of nitrogens with one attached hydrogen (secondary N) is 1. The van der Waals surface area contributed by atoms with Crippen LogP contribution in [0.1, 0.15) is 24.1 Å². The Morgan fingerprint density at radius 3 is 2.66 bits per heavy atom. The first-order valence-electron chi connectivity index (χ1n) is 11.2. The molecule has 0 spiro atoms. The molecular weight excluding hydrogens is 467 g/mol. The van der Waals surface area contributed by atoms with Gasteiger partial charge in [-0.05, 0) is 44.4 Å². The van der Waals surface area contributed by atoms with E-state index in [1.54, 1.807) is 13.1 Å². The first-order chi connectivity index (χ1) is 16.6. The molecule has 0 radical (unpaired) electrons. The predicted molar refractivity (Wildman–Crippen MR) is 122 cm³/mol. The average molecular weight is 493 g/mol. The van der Waals surface area contributed by atoms with Gasteiger partial charge in [0.05, 0.1) is 24.8 Å². The molecule has 1 fully saturated rings. The number of carboxylic acid groups (broad SMARTS) is 1. The Balaban J connectivity index is 1.67.